The Kier molecular flexibility index (Phi) is 1.63. The zero-order valence-electron chi connectivity index (χ0n) is 6.73. The van der Waals surface area contributed by atoms with Gasteiger partial charge in [-0.25, -0.2) is 9.97 Å². The number of aryl methyl sites for hydroxylation is 1. The Bertz CT molecular complexity index is 364. The Morgan fingerprint density at radius 1 is 1.50 bits per heavy atom. The first-order valence-corrected chi connectivity index (χ1v) is 3.70. The number of hydrogen-bond donors (Lipinski definition) is 0. The van der Waals surface area contributed by atoms with E-state index in [1.807, 2.05) is 29.8 Å². The summed E-state index contributed by atoms with van der Waals surface area (Å²) in [6, 6.07) is 5.59. The molecule has 0 fully saturated rings. The molecule has 0 saturated carbocycles. The summed E-state index contributed by atoms with van der Waals surface area (Å²) in [5.41, 5.74) is 0.987. The largest absolute Gasteiger partial charge is 0.290 e. The van der Waals surface area contributed by atoms with Crippen molar-refractivity contribution in [3.8, 4) is 5.82 Å². The van der Waals surface area contributed by atoms with Crippen molar-refractivity contribution in [1.82, 2.24) is 14.5 Å². The monoisotopic (exact) mass is 158 g/mol. The van der Waals surface area contributed by atoms with Crippen molar-refractivity contribution in [1.29, 1.82) is 0 Å². The average molecular weight is 158 g/mol. The minimum absolute atomic E-state index is 0.845. The lowest BCUT2D eigenvalue weighted by molar-refractivity contribution is 0.990. The summed E-state index contributed by atoms with van der Waals surface area (Å²) in [7, 11) is 0. The van der Waals surface area contributed by atoms with Crippen LogP contribution in [0.15, 0.2) is 30.7 Å². The molecule has 0 unspecified atom stereocenters. The van der Waals surface area contributed by atoms with E-state index < -0.39 is 0 Å². The van der Waals surface area contributed by atoms with Crippen molar-refractivity contribution in [2.24, 2.45) is 0 Å². The van der Waals surface area contributed by atoms with Crippen LogP contribution >= 0.6 is 0 Å². The van der Waals surface area contributed by atoms with E-state index in [0.29, 0.717) is 0 Å². The predicted molar refractivity (Wildman–Crippen MR) is 44.9 cm³/mol. The van der Waals surface area contributed by atoms with Crippen LogP contribution in [0.25, 0.3) is 5.82 Å². The van der Waals surface area contributed by atoms with Gasteiger partial charge in [0, 0.05) is 6.20 Å². The van der Waals surface area contributed by atoms with Crippen molar-refractivity contribution >= 4 is 0 Å². The van der Waals surface area contributed by atoms with Crippen LogP contribution in [-0.2, 0) is 0 Å². The summed E-state index contributed by atoms with van der Waals surface area (Å²) < 4.78 is 1.87. The molecule has 0 saturated heterocycles. The van der Waals surface area contributed by atoms with Gasteiger partial charge < -0.3 is 0 Å². The quantitative estimate of drug-likeness (QED) is 0.627. The average Bonchev–Trinajstić information content (AvgIpc) is 2.54. The second-order valence-corrected chi connectivity index (χ2v) is 2.55. The third-order valence-corrected chi connectivity index (χ3v) is 1.57. The SMILES string of the molecule is Cc1cn(-c2ccc[c]n2)cn1. The Morgan fingerprint density at radius 2 is 2.42 bits per heavy atom. The number of aromatic nitrogens is 3. The molecule has 2 aromatic rings. The van der Waals surface area contributed by atoms with Crippen molar-refractivity contribution in [2.75, 3.05) is 0 Å². The molecule has 0 aliphatic rings. The van der Waals surface area contributed by atoms with E-state index in [0.717, 1.165) is 11.5 Å². The van der Waals surface area contributed by atoms with Crippen molar-refractivity contribution in [3.05, 3.63) is 42.6 Å². The van der Waals surface area contributed by atoms with E-state index in [2.05, 4.69) is 16.2 Å². The normalized spacial score (nSPS) is 10.1. The van der Waals surface area contributed by atoms with Crippen LogP contribution < -0.4 is 0 Å². The first-order valence-electron chi connectivity index (χ1n) is 3.70. The van der Waals surface area contributed by atoms with Gasteiger partial charge in [0.15, 0.2) is 0 Å². The third-order valence-electron chi connectivity index (χ3n) is 1.57. The molecular weight excluding hydrogens is 150 g/mol. The molecule has 3 nitrogen and oxygen atoms in total. The molecule has 2 heterocycles. The van der Waals surface area contributed by atoms with Gasteiger partial charge in [-0.3, -0.25) is 4.57 Å². The molecule has 59 valence electrons. The van der Waals surface area contributed by atoms with Crippen LogP contribution in [0.2, 0.25) is 0 Å². The molecule has 0 aliphatic heterocycles. The van der Waals surface area contributed by atoms with Gasteiger partial charge in [0.05, 0.1) is 11.9 Å². The maximum Gasteiger partial charge on any atom is 0.138 e. The number of rotatable bonds is 1. The first-order chi connectivity index (χ1) is 5.86. The Morgan fingerprint density at radius 3 is 3.00 bits per heavy atom. The fraction of sp³-hybridized carbons (Fsp3) is 0.111. The van der Waals surface area contributed by atoms with Crippen LogP contribution in [0.4, 0.5) is 0 Å². The molecule has 0 N–H and O–H groups in total. The van der Waals surface area contributed by atoms with E-state index >= 15 is 0 Å². The molecule has 2 rings (SSSR count). The number of pyridine rings is 1. The molecule has 1 radical (unpaired) electrons. The number of imidazole rings is 1. The van der Waals surface area contributed by atoms with Crippen molar-refractivity contribution in [2.45, 2.75) is 6.92 Å². The summed E-state index contributed by atoms with van der Waals surface area (Å²) in [5.74, 6) is 0.845. The van der Waals surface area contributed by atoms with Gasteiger partial charge >= 0.3 is 0 Å². The zero-order chi connectivity index (χ0) is 8.39. The van der Waals surface area contributed by atoms with E-state index in [1.165, 1.54) is 0 Å². The fourth-order valence-electron chi connectivity index (χ4n) is 1.01. The lowest BCUT2D eigenvalue weighted by Crippen LogP contribution is -1.92. The minimum Gasteiger partial charge on any atom is -0.290 e. The maximum atomic E-state index is 4.10. The van der Waals surface area contributed by atoms with Crippen LogP contribution in [0.5, 0.6) is 0 Å². The maximum absolute atomic E-state index is 4.10. The lowest BCUT2D eigenvalue weighted by atomic mass is 10.4. The standard InChI is InChI=1S/C9H8N3/c1-8-6-12(7-11-8)9-4-2-3-5-10-9/h2-4,6-7H,1H3. The summed E-state index contributed by atoms with van der Waals surface area (Å²) in [6.07, 6.45) is 6.44. The van der Waals surface area contributed by atoms with E-state index in [4.69, 9.17) is 0 Å². The second kappa shape index (κ2) is 2.77. The van der Waals surface area contributed by atoms with E-state index in [1.54, 1.807) is 12.4 Å². The predicted octanol–water partition coefficient (Wildman–Crippen LogP) is 1.38. The highest BCUT2D eigenvalue weighted by Gasteiger charge is 1.95. The fourth-order valence-corrected chi connectivity index (χ4v) is 1.01. The molecule has 0 spiro atoms. The molecule has 0 aromatic carbocycles. The summed E-state index contributed by atoms with van der Waals surface area (Å²) in [4.78, 5) is 8.16. The zero-order valence-corrected chi connectivity index (χ0v) is 6.73. The molecule has 0 bridgehead atoms. The van der Waals surface area contributed by atoms with Crippen molar-refractivity contribution < 1.29 is 0 Å². The summed E-state index contributed by atoms with van der Waals surface area (Å²) in [5, 5.41) is 0. The first kappa shape index (κ1) is 7.03. The van der Waals surface area contributed by atoms with Crippen LogP contribution in [0.3, 0.4) is 0 Å². The van der Waals surface area contributed by atoms with E-state index in [-0.39, 0.29) is 0 Å². The molecular formula is C9H8N3. The van der Waals surface area contributed by atoms with Crippen LogP contribution in [0.1, 0.15) is 5.69 Å². The van der Waals surface area contributed by atoms with Gasteiger partial charge in [0.2, 0.25) is 0 Å². The highest BCUT2D eigenvalue weighted by Crippen LogP contribution is 2.02. The Balaban J connectivity index is 2.45. The van der Waals surface area contributed by atoms with Gasteiger partial charge in [-0.15, -0.1) is 0 Å². The number of hydrogen-bond acceptors (Lipinski definition) is 2. The van der Waals surface area contributed by atoms with Gasteiger partial charge in [0.1, 0.15) is 12.1 Å². The number of nitrogens with zero attached hydrogens (tertiary/aromatic N) is 3. The lowest BCUT2D eigenvalue weighted by Gasteiger charge is -1.96. The molecule has 0 aliphatic carbocycles. The highest BCUT2D eigenvalue weighted by molar-refractivity contribution is 5.21. The third kappa shape index (κ3) is 1.21. The summed E-state index contributed by atoms with van der Waals surface area (Å²) >= 11 is 0. The minimum atomic E-state index is 0.845. The molecule has 12 heavy (non-hydrogen) atoms. The van der Waals surface area contributed by atoms with Crippen LogP contribution in [0, 0.1) is 13.1 Å². The summed E-state index contributed by atoms with van der Waals surface area (Å²) in [6.45, 7) is 1.95. The van der Waals surface area contributed by atoms with Crippen molar-refractivity contribution in [3.63, 3.8) is 0 Å². The molecule has 2 aromatic heterocycles. The van der Waals surface area contributed by atoms with Gasteiger partial charge in [-0.05, 0) is 19.1 Å². The van der Waals surface area contributed by atoms with Gasteiger partial charge in [-0.2, -0.15) is 0 Å². The molecule has 0 atom stereocenters. The topological polar surface area (TPSA) is 30.7 Å². The van der Waals surface area contributed by atoms with E-state index in [9.17, 15) is 0 Å². The molecule has 3 heteroatoms. The van der Waals surface area contributed by atoms with Crippen LogP contribution in [-0.4, -0.2) is 14.5 Å². The van der Waals surface area contributed by atoms with Gasteiger partial charge in [-0.1, -0.05) is 6.07 Å². The second-order valence-electron chi connectivity index (χ2n) is 2.55. The smallest absolute Gasteiger partial charge is 0.138 e. The molecule has 0 amide bonds. The van der Waals surface area contributed by atoms with Gasteiger partial charge in [0.25, 0.3) is 0 Å². The Hall–Kier alpha value is -1.64. The Labute approximate surface area is 70.7 Å². The highest BCUT2D eigenvalue weighted by atomic mass is 15.1.